The smallest absolute Gasteiger partial charge is 0.126 e. The Hall–Kier alpha value is -1.40. The summed E-state index contributed by atoms with van der Waals surface area (Å²) in [5, 5.41) is 25.2. The molecule has 0 aromatic heterocycles. The molecule has 2 unspecified atom stereocenters. The number of benzene rings is 2. The van der Waals surface area contributed by atoms with Gasteiger partial charge in [-0.3, -0.25) is 10.2 Å². The lowest BCUT2D eigenvalue weighted by Gasteiger charge is -2.29. The quantitative estimate of drug-likeness (QED) is 0.470. The third-order valence-electron chi connectivity index (χ3n) is 5.51. The second-order valence-corrected chi connectivity index (χ2v) is 8.66. The van der Waals surface area contributed by atoms with Crippen LogP contribution >= 0.6 is 18.8 Å². The molecule has 0 fully saturated rings. The van der Waals surface area contributed by atoms with E-state index in [0.717, 1.165) is 24.0 Å². The molecular weight excluding hydrogens is 456 g/mol. The first-order valence-corrected chi connectivity index (χ1v) is 11.7. The summed E-state index contributed by atoms with van der Waals surface area (Å²) in [6.45, 7) is 0.928. The number of ether oxygens (including phenoxy) is 2. The SMILES string of the molecule is O[C@@H](CNP)[C@@H]1CCc2cc(F)ccc2O1.O[C@@H](CNP)[C@H]1CCc2cc(F)ccc2O1. The number of hydrogen-bond acceptors (Lipinski definition) is 6. The van der Waals surface area contributed by atoms with E-state index in [9.17, 15) is 19.0 Å². The zero-order chi connectivity index (χ0) is 23.1. The van der Waals surface area contributed by atoms with Crippen molar-refractivity contribution < 1.29 is 28.5 Å². The predicted octanol–water partition coefficient (Wildman–Crippen LogP) is 2.52. The van der Waals surface area contributed by atoms with Gasteiger partial charge in [-0.15, -0.1) is 0 Å². The van der Waals surface area contributed by atoms with Crippen molar-refractivity contribution in [2.24, 2.45) is 0 Å². The van der Waals surface area contributed by atoms with Crippen LogP contribution in [0.3, 0.4) is 0 Å². The molecule has 0 saturated heterocycles. The summed E-state index contributed by atoms with van der Waals surface area (Å²) in [7, 11) is 4.69. The Balaban J connectivity index is 0.000000181. The van der Waals surface area contributed by atoms with E-state index in [0.29, 0.717) is 37.4 Å². The van der Waals surface area contributed by atoms with Crippen molar-refractivity contribution in [3.63, 3.8) is 0 Å². The van der Waals surface area contributed by atoms with Gasteiger partial charge >= 0.3 is 0 Å². The summed E-state index contributed by atoms with van der Waals surface area (Å²) in [5.74, 6) is 0.877. The highest BCUT2D eigenvalue weighted by molar-refractivity contribution is 7.13. The molecule has 32 heavy (non-hydrogen) atoms. The molecule has 2 aliphatic heterocycles. The van der Waals surface area contributed by atoms with Gasteiger partial charge in [-0.2, -0.15) is 0 Å². The molecule has 2 heterocycles. The van der Waals surface area contributed by atoms with E-state index in [2.05, 4.69) is 29.0 Å². The maximum Gasteiger partial charge on any atom is 0.126 e. The first-order chi connectivity index (χ1) is 15.4. The maximum atomic E-state index is 13.0. The highest BCUT2D eigenvalue weighted by Crippen LogP contribution is 2.30. The molecule has 6 atom stereocenters. The lowest BCUT2D eigenvalue weighted by Crippen LogP contribution is -2.39. The third-order valence-corrected chi connectivity index (χ3v) is 5.98. The minimum atomic E-state index is -0.546. The summed E-state index contributed by atoms with van der Waals surface area (Å²) in [6.07, 6.45) is 1.38. The number of rotatable bonds is 6. The summed E-state index contributed by atoms with van der Waals surface area (Å²) in [5.41, 5.74) is 1.75. The van der Waals surface area contributed by atoms with Crippen molar-refractivity contribution in [3.05, 3.63) is 59.2 Å². The van der Waals surface area contributed by atoms with Crippen molar-refractivity contribution in [1.29, 1.82) is 0 Å². The monoisotopic (exact) mass is 486 g/mol. The van der Waals surface area contributed by atoms with Gasteiger partial charge in [-0.25, -0.2) is 8.78 Å². The van der Waals surface area contributed by atoms with Crippen LogP contribution in [0, 0.1) is 11.6 Å². The average molecular weight is 486 g/mol. The van der Waals surface area contributed by atoms with Crippen molar-refractivity contribution in [1.82, 2.24) is 10.2 Å². The van der Waals surface area contributed by atoms with E-state index in [1.807, 2.05) is 0 Å². The zero-order valence-corrected chi connectivity index (χ0v) is 19.9. The second-order valence-electron chi connectivity index (χ2n) is 7.85. The Labute approximate surface area is 191 Å². The van der Waals surface area contributed by atoms with Crippen molar-refractivity contribution in [2.75, 3.05) is 13.1 Å². The van der Waals surface area contributed by atoms with Gasteiger partial charge in [0, 0.05) is 13.1 Å². The predicted molar refractivity (Wildman–Crippen MR) is 126 cm³/mol. The van der Waals surface area contributed by atoms with Crippen LogP contribution in [0.25, 0.3) is 0 Å². The summed E-state index contributed by atoms with van der Waals surface area (Å²) in [4.78, 5) is 0. The zero-order valence-electron chi connectivity index (χ0n) is 17.6. The highest BCUT2D eigenvalue weighted by atomic mass is 31.0. The third kappa shape index (κ3) is 6.80. The summed E-state index contributed by atoms with van der Waals surface area (Å²) < 4.78 is 37.2. The largest absolute Gasteiger partial charge is 0.487 e. The van der Waals surface area contributed by atoms with Crippen LogP contribution in [0.4, 0.5) is 8.78 Å². The standard InChI is InChI=1S/2C11H15FNO2P/c2*12-8-2-4-10-7(5-8)1-3-11(15-10)9(14)6-13-16/h2*2,4-5,9,11,13-14H,1,3,6,16H2/t9-,11+;9-,11-/m00/s1. The van der Waals surface area contributed by atoms with Gasteiger partial charge in [-0.05, 0) is 73.2 Å². The van der Waals surface area contributed by atoms with Gasteiger partial charge in [0.1, 0.15) is 47.5 Å². The van der Waals surface area contributed by atoms with Crippen LogP contribution < -0.4 is 19.6 Å². The lowest BCUT2D eigenvalue weighted by atomic mass is 9.99. The molecule has 6 nitrogen and oxygen atoms in total. The van der Waals surface area contributed by atoms with Crippen LogP contribution in [0.15, 0.2) is 36.4 Å². The molecule has 0 bridgehead atoms. The van der Waals surface area contributed by atoms with Gasteiger partial charge < -0.3 is 19.7 Å². The van der Waals surface area contributed by atoms with Crippen molar-refractivity contribution in [2.45, 2.75) is 50.1 Å². The van der Waals surface area contributed by atoms with Crippen LogP contribution in [0.5, 0.6) is 11.5 Å². The van der Waals surface area contributed by atoms with E-state index in [-0.39, 0.29) is 23.8 Å². The molecule has 176 valence electrons. The Kier molecular flexibility index (Phi) is 9.60. The number of aliphatic hydroxyl groups excluding tert-OH is 2. The summed E-state index contributed by atoms with van der Waals surface area (Å²) in [6, 6.07) is 8.98. The first-order valence-electron chi connectivity index (χ1n) is 10.5. The average Bonchev–Trinajstić information content (AvgIpc) is 2.79. The topological polar surface area (TPSA) is 83.0 Å². The van der Waals surface area contributed by atoms with E-state index in [1.165, 1.54) is 24.3 Å². The molecule has 0 aliphatic carbocycles. The Morgan fingerprint density at radius 1 is 0.812 bits per heavy atom. The van der Waals surface area contributed by atoms with E-state index >= 15 is 0 Å². The number of aryl methyl sites for hydroxylation is 2. The lowest BCUT2D eigenvalue weighted by molar-refractivity contribution is 0.0278. The van der Waals surface area contributed by atoms with E-state index < -0.39 is 12.2 Å². The number of halogens is 2. The Morgan fingerprint density at radius 2 is 1.22 bits per heavy atom. The van der Waals surface area contributed by atoms with Crippen LogP contribution in [0.1, 0.15) is 24.0 Å². The van der Waals surface area contributed by atoms with Crippen LogP contribution in [0.2, 0.25) is 0 Å². The second kappa shape index (κ2) is 12.2. The molecule has 0 saturated carbocycles. The molecule has 4 rings (SSSR count). The normalized spacial score (nSPS) is 21.1. The van der Waals surface area contributed by atoms with Gasteiger partial charge in [0.15, 0.2) is 0 Å². The first kappa shape index (κ1) is 25.2. The minimum absolute atomic E-state index is 0.217. The van der Waals surface area contributed by atoms with Gasteiger partial charge in [0.2, 0.25) is 0 Å². The Morgan fingerprint density at radius 3 is 1.59 bits per heavy atom. The number of fused-ring (bicyclic) bond motifs is 2. The molecule has 2 aliphatic rings. The number of aliphatic hydroxyl groups is 2. The molecule has 0 amide bonds. The molecule has 0 radical (unpaired) electrons. The minimum Gasteiger partial charge on any atom is -0.487 e. The fourth-order valence-corrected chi connectivity index (χ4v) is 4.29. The summed E-state index contributed by atoms with van der Waals surface area (Å²) >= 11 is 0. The van der Waals surface area contributed by atoms with Gasteiger partial charge in [-0.1, -0.05) is 18.8 Å². The van der Waals surface area contributed by atoms with E-state index in [4.69, 9.17) is 9.47 Å². The number of nitrogens with one attached hydrogen (secondary N) is 2. The fraction of sp³-hybridized carbons (Fsp3) is 0.455. The molecule has 2 aromatic carbocycles. The molecule has 2 aromatic rings. The molecule has 0 spiro atoms. The van der Waals surface area contributed by atoms with Crippen LogP contribution in [-0.4, -0.2) is 47.7 Å². The van der Waals surface area contributed by atoms with Gasteiger partial charge in [0.05, 0.1) is 0 Å². The van der Waals surface area contributed by atoms with E-state index in [1.54, 1.807) is 12.1 Å². The maximum absolute atomic E-state index is 13.0. The number of hydrogen-bond donors (Lipinski definition) is 4. The molecule has 10 heteroatoms. The van der Waals surface area contributed by atoms with Gasteiger partial charge in [0.25, 0.3) is 0 Å². The van der Waals surface area contributed by atoms with Crippen LogP contribution in [-0.2, 0) is 12.8 Å². The van der Waals surface area contributed by atoms with Crippen molar-refractivity contribution in [3.8, 4) is 11.5 Å². The highest BCUT2D eigenvalue weighted by Gasteiger charge is 2.27. The molecular formula is C22H30F2N2O4P2. The van der Waals surface area contributed by atoms with Crippen molar-refractivity contribution >= 4 is 18.8 Å². The Bertz CT molecular complexity index is 822. The fourth-order valence-electron chi connectivity index (χ4n) is 3.80. The molecule has 4 N–H and O–H groups in total.